The number of carbonyl (C=O) groups excluding carboxylic acids is 6. The molecular formula is C34H53N7O6. The number of aromatic nitrogens is 1. The zero-order chi connectivity index (χ0) is 35.5. The zero-order valence-electron chi connectivity index (χ0n) is 29.1. The lowest BCUT2D eigenvalue weighted by Gasteiger charge is -2.36. The van der Waals surface area contributed by atoms with Gasteiger partial charge in [-0.1, -0.05) is 59.2 Å². The molecule has 260 valence electrons. The number of carbonyl (C=O) groups is 6. The molecule has 5 amide bonds. The highest BCUT2D eigenvalue weighted by atomic mass is 16.2. The van der Waals surface area contributed by atoms with Crippen molar-refractivity contribution in [1.29, 1.82) is 0 Å². The number of hydrogen-bond donors (Lipinski definition) is 4. The van der Waals surface area contributed by atoms with Crippen LogP contribution < -0.4 is 21.3 Å². The Kier molecular flexibility index (Phi) is 18.5. The third-order valence-electron chi connectivity index (χ3n) is 6.55. The Morgan fingerprint density at radius 1 is 0.787 bits per heavy atom. The molecule has 1 aliphatic rings. The molecule has 1 saturated heterocycles. The van der Waals surface area contributed by atoms with Gasteiger partial charge in [0.1, 0.15) is 6.04 Å². The second-order valence-electron chi connectivity index (χ2n) is 12.1. The molecule has 1 fully saturated rings. The van der Waals surface area contributed by atoms with E-state index in [-0.39, 0.29) is 19.0 Å². The molecule has 1 aromatic carbocycles. The van der Waals surface area contributed by atoms with Crippen LogP contribution in [0.25, 0.3) is 10.9 Å². The van der Waals surface area contributed by atoms with Gasteiger partial charge in [0.15, 0.2) is 0 Å². The highest BCUT2D eigenvalue weighted by molar-refractivity contribution is 6.37. The predicted octanol–water partition coefficient (Wildman–Crippen LogP) is 1.90. The van der Waals surface area contributed by atoms with Crippen LogP contribution >= 0.6 is 0 Å². The minimum Gasteiger partial charge on any atom is -0.347 e. The van der Waals surface area contributed by atoms with E-state index >= 15 is 0 Å². The van der Waals surface area contributed by atoms with Gasteiger partial charge < -0.3 is 26.2 Å². The number of rotatable bonds is 11. The summed E-state index contributed by atoms with van der Waals surface area (Å²) in [6.07, 6.45) is 2.75. The Balaban J connectivity index is 0.00000144. The average Bonchev–Trinajstić information content (AvgIpc) is 3.04. The number of ketones is 1. The van der Waals surface area contributed by atoms with Gasteiger partial charge >= 0.3 is 0 Å². The number of hydrogen-bond acceptors (Lipinski definition) is 8. The first-order valence-electron chi connectivity index (χ1n) is 16.2. The lowest BCUT2D eigenvalue weighted by Crippen LogP contribution is -2.53. The third kappa shape index (κ3) is 15.2. The highest BCUT2D eigenvalue weighted by Gasteiger charge is 2.24. The summed E-state index contributed by atoms with van der Waals surface area (Å²) in [6.45, 7) is 17.6. The summed E-state index contributed by atoms with van der Waals surface area (Å²) >= 11 is 0. The number of nitrogens with one attached hydrogen (secondary N) is 4. The molecule has 2 aromatic rings. The first-order chi connectivity index (χ1) is 22.2. The van der Waals surface area contributed by atoms with Crippen molar-refractivity contribution in [1.82, 2.24) is 36.1 Å². The van der Waals surface area contributed by atoms with E-state index in [0.29, 0.717) is 35.6 Å². The Morgan fingerprint density at radius 3 is 1.98 bits per heavy atom. The summed E-state index contributed by atoms with van der Waals surface area (Å²) in [5.41, 5.74) is 0.997. The fourth-order valence-corrected chi connectivity index (χ4v) is 4.16. The van der Waals surface area contributed by atoms with Crippen molar-refractivity contribution in [2.75, 3.05) is 45.8 Å². The number of pyridine rings is 1. The summed E-state index contributed by atoms with van der Waals surface area (Å²) in [5.74, 6) is -3.15. The zero-order valence-corrected chi connectivity index (χ0v) is 29.1. The van der Waals surface area contributed by atoms with Crippen molar-refractivity contribution in [3.05, 3.63) is 42.1 Å². The normalized spacial score (nSPS) is 13.4. The van der Waals surface area contributed by atoms with Crippen molar-refractivity contribution in [3.63, 3.8) is 0 Å². The van der Waals surface area contributed by atoms with E-state index in [1.54, 1.807) is 35.2 Å². The van der Waals surface area contributed by atoms with Crippen LogP contribution in [0.5, 0.6) is 0 Å². The number of amides is 5. The van der Waals surface area contributed by atoms with Crippen LogP contribution in [0.2, 0.25) is 0 Å². The quantitative estimate of drug-likeness (QED) is 0.266. The smallest absolute Gasteiger partial charge is 0.289 e. The SMILES string of the molecule is CC(C)C.CC(C)N1CCN(C(=O)CNC(=O)C(=O)CNC(=O)[C@H](C)NC(=O)CNC(=O)c2ccnc3ccccc23)CC1.CCC. The highest BCUT2D eigenvalue weighted by Crippen LogP contribution is 2.15. The summed E-state index contributed by atoms with van der Waals surface area (Å²) in [6, 6.07) is 7.99. The Labute approximate surface area is 278 Å². The van der Waals surface area contributed by atoms with Gasteiger partial charge in [-0.05, 0) is 38.8 Å². The van der Waals surface area contributed by atoms with Crippen LogP contribution in [-0.2, 0) is 24.0 Å². The maximum atomic E-state index is 12.5. The molecule has 0 aliphatic carbocycles. The maximum Gasteiger partial charge on any atom is 0.289 e. The first-order valence-corrected chi connectivity index (χ1v) is 16.2. The molecule has 0 spiro atoms. The number of Topliss-reactive ketones (excluding diaryl/α,β-unsaturated/α-hetero) is 1. The molecule has 4 N–H and O–H groups in total. The van der Waals surface area contributed by atoms with Gasteiger partial charge in [0.05, 0.1) is 30.7 Å². The fourth-order valence-electron chi connectivity index (χ4n) is 4.16. The summed E-state index contributed by atoms with van der Waals surface area (Å²) < 4.78 is 0. The molecule has 47 heavy (non-hydrogen) atoms. The number of piperazine rings is 1. The number of fused-ring (bicyclic) bond motifs is 1. The van der Waals surface area contributed by atoms with Crippen molar-refractivity contribution in [3.8, 4) is 0 Å². The summed E-state index contributed by atoms with van der Waals surface area (Å²) in [5, 5.41) is 10.1. The van der Waals surface area contributed by atoms with Crippen LogP contribution in [0.15, 0.2) is 36.5 Å². The molecule has 1 atom stereocenters. The van der Waals surface area contributed by atoms with E-state index < -0.39 is 42.0 Å². The molecule has 0 saturated carbocycles. The molecule has 1 aromatic heterocycles. The molecule has 2 heterocycles. The van der Waals surface area contributed by atoms with E-state index in [0.717, 1.165) is 19.0 Å². The third-order valence-corrected chi connectivity index (χ3v) is 6.55. The minimum atomic E-state index is -1.03. The van der Waals surface area contributed by atoms with Gasteiger partial charge in [-0.3, -0.25) is 38.7 Å². The van der Waals surface area contributed by atoms with Crippen molar-refractivity contribution < 1.29 is 28.8 Å². The van der Waals surface area contributed by atoms with Gasteiger partial charge in [-0.15, -0.1) is 0 Å². The maximum absolute atomic E-state index is 12.5. The second-order valence-corrected chi connectivity index (χ2v) is 12.1. The summed E-state index contributed by atoms with van der Waals surface area (Å²) in [7, 11) is 0. The predicted molar refractivity (Wildman–Crippen MR) is 182 cm³/mol. The van der Waals surface area contributed by atoms with Gasteiger partial charge in [-0.2, -0.15) is 0 Å². The van der Waals surface area contributed by atoms with Gasteiger partial charge in [-0.25, -0.2) is 0 Å². The van der Waals surface area contributed by atoms with Gasteiger partial charge in [0.25, 0.3) is 11.8 Å². The lowest BCUT2D eigenvalue weighted by atomic mass is 10.1. The topological polar surface area (TPSA) is 170 Å². The fraction of sp³-hybridized carbons (Fsp3) is 0.559. The Bertz CT molecular complexity index is 1330. The van der Waals surface area contributed by atoms with E-state index in [2.05, 4.69) is 79.6 Å². The van der Waals surface area contributed by atoms with Crippen molar-refractivity contribution in [2.45, 2.75) is 73.9 Å². The van der Waals surface area contributed by atoms with E-state index in [4.69, 9.17) is 0 Å². The van der Waals surface area contributed by atoms with Crippen LogP contribution in [0.4, 0.5) is 0 Å². The van der Waals surface area contributed by atoms with E-state index in [1.807, 2.05) is 0 Å². The standard InChI is InChI=1S/C27H35N7O6.C4H10.C3H8/c1-17(2)33-10-12-34(13-11-33)24(37)16-31-27(40)22(35)14-29-25(38)18(3)32-23(36)15-30-26(39)20-8-9-28-21-7-5-4-6-19(20)21;1-4(2)3;1-3-2/h4-9,17-18H,10-16H2,1-3H3,(H,29,38)(H,30,39)(H,31,40)(H,32,36);4H,1-3H3;3H2,1-2H3/t18-;;/m0../s1. The number of nitrogens with zero attached hydrogens (tertiary/aromatic N) is 3. The lowest BCUT2D eigenvalue weighted by molar-refractivity contribution is -0.140. The number of benzene rings is 1. The first kappa shape index (κ1) is 40.6. The van der Waals surface area contributed by atoms with Crippen LogP contribution in [0.1, 0.15) is 72.2 Å². The van der Waals surface area contributed by atoms with E-state index in [9.17, 15) is 28.8 Å². The molecular weight excluding hydrogens is 602 g/mol. The molecule has 3 rings (SSSR count). The monoisotopic (exact) mass is 655 g/mol. The largest absolute Gasteiger partial charge is 0.347 e. The van der Waals surface area contributed by atoms with E-state index in [1.165, 1.54) is 19.5 Å². The molecule has 0 bridgehead atoms. The molecule has 1 aliphatic heterocycles. The van der Waals surface area contributed by atoms with Crippen LogP contribution in [0.3, 0.4) is 0 Å². The average molecular weight is 656 g/mol. The van der Waals surface area contributed by atoms with Crippen molar-refractivity contribution >= 4 is 46.2 Å². The molecule has 0 unspecified atom stereocenters. The number of para-hydroxylation sites is 1. The molecule has 13 heteroatoms. The van der Waals surface area contributed by atoms with Gasteiger partial charge in [0.2, 0.25) is 23.5 Å². The second kappa shape index (κ2) is 21.4. The van der Waals surface area contributed by atoms with Crippen LogP contribution in [-0.4, -0.2) is 108 Å². The Hall–Kier alpha value is -4.39. The minimum absolute atomic E-state index is 0.283. The van der Waals surface area contributed by atoms with Crippen LogP contribution in [0, 0.1) is 5.92 Å². The molecule has 13 nitrogen and oxygen atoms in total. The van der Waals surface area contributed by atoms with Crippen molar-refractivity contribution in [2.24, 2.45) is 5.92 Å². The Morgan fingerprint density at radius 2 is 1.38 bits per heavy atom. The molecule has 0 radical (unpaired) electrons. The van der Waals surface area contributed by atoms with Gasteiger partial charge in [0, 0.05) is 43.8 Å². The summed E-state index contributed by atoms with van der Waals surface area (Å²) in [4.78, 5) is 81.7.